The van der Waals surface area contributed by atoms with E-state index in [9.17, 15) is 18.3 Å². The minimum Gasteiger partial charge on any atom is -0.394 e. The zero-order chi connectivity index (χ0) is 19.5. The zero-order valence-corrected chi connectivity index (χ0v) is 16.0. The number of aryl methyl sites for hydroxylation is 2. The summed E-state index contributed by atoms with van der Waals surface area (Å²) in [6.07, 6.45) is 0.125. The van der Waals surface area contributed by atoms with Gasteiger partial charge in [-0.3, -0.25) is 9.52 Å². The smallest absolute Gasteiger partial charge is 0.267 e. The molecule has 0 atom stereocenters. The maximum Gasteiger partial charge on any atom is 0.267 e. The molecular weight excluding hydrogens is 358 g/mol. The Hall–Kier alpha value is -2.39. The number of rotatable bonds is 7. The molecule has 0 spiro atoms. The van der Waals surface area contributed by atoms with Gasteiger partial charge < -0.3 is 14.9 Å². The maximum atomic E-state index is 12.5. The first-order chi connectivity index (χ1) is 12.0. The number of nitrogens with zero attached hydrogens (tertiary/aromatic N) is 1. The zero-order valence-electron chi connectivity index (χ0n) is 15.2. The SMILES string of the molecule is Cc1noc(C)c1S(=O)(=O)Nc1ccc(CC(=O)NC(C)(C)CO)cc1. The number of sulfonamides is 1. The van der Waals surface area contributed by atoms with Crippen LogP contribution in [0.25, 0.3) is 0 Å². The highest BCUT2D eigenvalue weighted by Gasteiger charge is 2.24. The molecule has 0 aliphatic carbocycles. The van der Waals surface area contributed by atoms with Crippen LogP contribution in [0, 0.1) is 13.8 Å². The van der Waals surface area contributed by atoms with E-state index >= 15 is 0 Å². The number of aliphatic hydroxyl groups is 1. The van der Waals surface area contributed by atoms with Gasteiger partial charge in [-0.05, 0) is 45.4 Å². The van der Waals surface area contributed by atoms with E-state index in [1.165, 1.54) is 6.92 Å². The van der Waals surface area contributed by atoms with Crippen molar-refractivity contribution in [1.29, 1.82) is 0 Å². The van der Waals surface area contributed by atoms with E-state index < -0.39 is 15.6 Å². The molecule has 3 N–H and O–H groups in total. The van der Waals surface area contributed by atoms with Crippen LogP contribution in [0.15, 0.2) is 33.7 Å². The molecule has 0 unspecified atom stereocenters. The van der Waals surface area contributed by atoms with Gasteiger partial charge in [-0.15, -0.1) is 0 Å². The fourth-order valence-electron chi connectivity index (χ4n) is 2.40. The molecule has 0 radical (unpaired) electrons. The summed E-state index contributed by atoms with van der Waals surface area (Å²) in [6, 6.07) is 6.48. The lowest BCUT2D eigenvalue weighted by atomic mass is 10.1. The number of hydrogen-bond donors (Lipinski definition) is 3. The number of benzene rings is 1. The first-order valence-electron chi connectivity index (χ1n) is 8.00. The van der Waals surface area contributed by atoms with Crippen molar-refractivity contribution < 1.29 is 22.8 Å². The first kappa shape index (κ1) is 19.9. The molecule has 1 aromatic carbocycles. The van der Waals surface area contributed by atoms with Crippen molar-refractivity contribution >= 4 is 21.6 Å². The summed E-state index contributed by atoms with van der Waals surface area (Å²) >= 11 is 0. The van der Waals surface area contributed by atoms with Gasteiger partial charge in [0.25, 0.3) is 10.0 Å². The molecule has 1 amide bonds. The van der Waals surface area contributed by atoms with Crippen molar-refractivity contribution in [3.05, 3.63) is 41.3 Å². The maximum absolute atomic E-state index is 12.5. The van der Waals surface area contributed by atoms with Crippen LogP contribution in [0.1, 0.15) is 30.9 Å². The number of amides is 1. The van der Waals surface area contributed by atoms with Gasteiger partial charge in [0, 0.05) is 5.69 Å². The summed E-state index contributed by atoms with van der Waals surface area (Å²) in [5, 5.41) is 15.6. The molecule has 2 rings (SSSR count). The summed E-state index contributed by atoms with van der Waals surface area (Å²) < 4.78 is 32.3. The van der Waals surface area contributed by atoms with Gasteiger partial charge in [-0.1, -0.05) is 17.3 Å². The molecule has 0 bridgehead atoms. The largest absolute Gasteiger partial charge is 0.394 e. The predicted octanol–water partition coefficient (Wildman–Crippen LogP) is 1.52. The lowest BCUT2D eigenvalue weighted by Gasteiger charge is -2.23. The third kappa shape index (κ3) is 4.83. The highest BCUT2D eigenvalue weighted by Crippen LogP contribution is 2.22. The molecule has 1 aromatic heterocycles. The summed E-state index contributed by atoms with van der Waals surface area (Å²) in [7, 11) is -3.81. The third-order valence-electron chi connectivity index (χ3n) is 3.68. The van der Waals surface area contributed by atoms with Gasteiger partial charge in [0.2, 0.25) is 5.91 Å². The van der Waals surface area contributed by atoms with Gasteiger partial charge in [0.1, 0.15) is 5.69 Å². The number of aromatic nitrogens is 1. The number of aliphatic hydroxyl groups excluding tert-OH is 1. The second kappa shape index (κ2) is 7.46. The average Bonchev–Trinajstić information content (AvgIpc) is 2.88. The minimum absolute atomic E-state index is 0.0205. The fourth-order valence-corrected chi connectivity index (χ4v) is 3.79. The second-order valence-electron chi connectivity index (χ2n) is 6.72. The fraction of sp³-hybridized carbons (Fsp3) is 0.412. The van der Waals surface area contributed by atoms with Crippen LogP contribution in [-0.4, -0.2) is 36.7 Å². The quantitative estimate of drug-likeness (QED) is 0.668. The van der Waals surface area contributed by atoms with Gasteiger partial charge in [0.15, 0.2) is 10.7 Å². The predicted molar refractivity (Wildman–Crippen MR) is 96.2 cm³/mol. The molecule has 142 valence electrons. The Kier molecular flexibility index (Phi) is 5.72. The summed E-state index contributed by atoms with van der Waals surface area (Å²) in [5.74, 6) is -0.0112. The molecule has 0 saturated carbocycles. The standard InChI is InChI=1S/C17H23N3O5S/c1-11-16(12(2)25-19-11)26(23,24)20-14-7-5-13(6-8-14)9-15(22)18-17(3,4)10-21/h5-8,20-21H,9-10H2,1-4H3,(H,18,22). The molecule has 0 aliphatic heterocycles. The molecule has 0 fully saturated rings. The van der Waals surface area contributed by atoms with E-state index in [2.05, 4.69) is 15.2 Å². The number of carbonyl (C=O) groups is 1. The Labute approximate surface area is 152 Å². The van der Waals surface area contributed by atoms with E-state index in [0.717, 1.165) is 5.56 Å². The Morgan fingerprint density at radius 2 is 1.85 bits per heavy atom. The molecule has 9 heteroatoms. The molecule has 0 saturated heterocycles. The van der Waals surface area contributed by atoms with Crippen molar-refractivity contribution in [3.8, 4) is 0 Å². The van der Waals surface area contributed by atoms with Crippen LogP contribution in [0.2, 0.25) is 0 Å². The lowest BCUT2D eigenvalue weighted by molar-refractivity contribution is -0.122. The lowest BCUT2D eigenvalue weighted by Crippen LogP contribution is -2.46. The number of nitrogens with one attached hydrogen (secondary N) is 2. The van der Waals surface area contributed by atoms with Crippen LogP contribution in [0.4, 0.5) is 5.69 Å². The minimum atomic E-state index is -3.81. The van der Waals surface area contributed by atoms with Crippen LogP contribution >= 0.6 is 0 Å². The Bertz CT molecular complexity index is 866. The van der Waals surface area contributed by atoms with Crippen LogP contribution in [0.5, 0.6) is 0 Å². The number of anilines is 1. The highest BCUT2D eigenvalue weighted by molar-refractivity contribution is 7.92. The van der Waals surface area contributed by atoms with Gasteiger partial charge in [-0.2, -0.15) is 0 Å². The van der Waals surface area contributed by atoms with Crippen LogP contribution in [-0.2, 0) is 21.2 Å². The first-order valence-corrected chi connectivity index (χ1v) is 9.49. The molecule has 0 aliphatic rings. The van der Waals surface area contributed by atoms with Gasteiger partial charge in [0.05, 0.1) is 18.6 Å². The highest BCUT2D eigenvalue weighted by atomic mass is 32.2. The third-order valence-corrected chi connectivity index (χ3v) is 5.31. The van der Waals surface area contributed by atoms with Crippen LogP contribution < -0.4 is 10.0 Å². The topological polar surface area (TPSA) is 122 Å². The molecular formula is C17H23N3O5S. The monoisotopic (exact) mass is 381 g/mol. The van der Waals surface area contributed by atoms with E-state index in [-0.39, 0.29) is 35.3 Å². The Morgan fingerprint density at radius 3 is 2.35 bits per heavy atom. The van der Waals surface area contributed by atoms with Crippen molar-refractivity contribution in [2.45, 2.75) is 44.6 Å². The molecule has 26 heavy (non-hydrogen) atoms. The van der Waals surface area contributed by atoms with Gasteiger partial charge in [-0.25, -0.2) is 8.42 Å². The summed E-state index contributed by atoms with van der Waals surface area (Å²) in [5.41, 5.74) is 0.678. The number of carbonyl (C=O) groups excluding carboxylic acids is 1. The molecule has 8 nitrogen and oxygen atoms in total. The number of hydrogen-bond acceptors (Lipinski definition) is 6. The normalized spacial score (nSPS) is 12.0. The van der Waals surface area contributed by atoms with Crippen molar-refractivity contribution in [1.82, 2.24) is 10.5 Å². The van der Waals surface area contributed by atoms with E-state index in [0.29, 0.717) is 5.69 Å². The summed E-state index contributed by atoms with van der Waals surface area (Å²) in [4.78, 5) is 12.0. The summed E-state index contributed by atoms with van der Waals surface area (Å²) in [6.45, 7) is 6.36. The van der Waals surface area contributed by atoms with E-state index in [4.69, 9.17) is 4.52 Å². The Morgan fingerprint density at radius 1 is 1.23 bits per heavy atom. The van der Waals surface area contributed by atoms with E-state index in [1.54, 1.807) is 45.0 Å². The molecule has 1 heterocycles. The van der Waals surface area contributed by atoms with Crippen LogP contribution in [0.3, 0.4) is 0 Å². The van der Waals surface area contributed by atoms with Crippen molar-refractivity contribution in [2.24, 2.45) is 0 Å². The van der Waals surface area contributed by atoms with E-state index in [1.807, 2.05) is 0 Å². The van der Waals surface area contributed by atoms with Gasteiger partial charge >= 0.3 is 0 Å². The van der Waals surface area contributed by atoms with Crippen molar-refractivity contribution in [3.63, 3.8) is 0 Å². The average molecular weight is 381 g/mol. The Balaban J connectivity index is 2.07. The second-order valence-corrected chi connectivity index (χ2v) is 8.34. The van der Waals surface area contributed by atoms with Crippen molar-refractivity contribution in [2.75, 3.05) is 11.3 Å². The molecule has 2 aromatic rings.